The molecule has 86 valence electrons. The van der Waals surface area contributed by atoms with Crippen LogP contribution in [0.15, 0.2) is 11.4 Å². The summed E-state index contributed by atoms with van der Waals surface area (Å²) in [6, 6.07) is 0. The van der Waals surface area contributed by atoms with Crippen molar-refractivity contribution in [2.45, 2.75) is 25.4 Å². The Morgan fingerprint density at radius 1 is 1.56 bits per heavy atom. The van der Waals surface area contributed by atoms with Gasteiger partial charge in [-0.3, -0.25) is 9.19 Å². The molecule has 0 saturated heterocycles. The zero-order valence-corrected chi connectivity index (χ0v) is 10.5. The molecule has 2 heterocycles. The Balaban J connectivity index is 2.81. The SMILES string of the molecule is C=S(C)(=O)c1nc2c(CC)c(C)ncc2[nH]1. The molecular formula is C11H15N3OS. The number of rotatable bonds is 2. The van der Waals surface area contributed by atoms with Gasteiger partial charge < -0.3 is 4.98 Å². The Morgan fingerprint density at radius 3 is 2.81 bits per heavy atom. The molecule has 4 nitrogen and oxygen atoms in total. The normalized spacial score (nSPS) is 15.2. The third-order valence-electron chi connectivity index (χ3n) is 2.58. The predicted molar refractivity (Wildman–Crippen MR) is 67.5 cm³/mol. The van der Waals surface area contributed by atoms with Gasteiger partial charge in [-0.05, 0) is 19.2 Å². The van der Waals surface area contributed by atoms with Gasteiger partial charge in [0.15, 0.2) is 5.16 Å². The fraction of sp³-hybridized carbons (Fsp3) is 0.364. The molecule has 0 aliphatic rings. The van der Waals surface area contributed by atoms with Crippen molar-refractivity contribution < 1.29 is 4.21 Å². The predicted octanol–water partition coefficient (Wildman–Crippen LogP) is 1.53. The summed E-state index contributed by atoms with van der Waals surface area (Å²) in [6.45, 7) is 4.02. The third-order valence-corrected chi connectivity index (χ3v) is 3.59. The van der Waals surface area contributed by atoms with Crippen molar-refractivity contribution >= 4 is 26.4 Å². The van der Waals surface area contributed by atoms with E-state index in [2.05, 4.69) is 27.7 Å². The Kier molecular flexibility index (Phi) is 2.50. The van der Waals surface area contributed by atoms with Crippen molar-refractivity contribution in [1.29, 1.82) is 0 Å². The highest BCUT2D eigenvalue weighted by Crippen LogP contribution is 2.20. The van der Waals surface area contributed by atoms with Gasteiger partial charge in [0.1, 0.15) is 0 Å². The minimum atomic E-state index is -2.30. The molecule has 1 atom stereocenters. The topological polar surface area (TPSA) is 58.6 Å². The van der Waals surface area contributed by atoms with Crippen LogP contribution in [0.3, 0.4) is 0 Å². The van der Waals surface area contributed by atoms with Crippen LogP contribution in [0.1, 0.15) is 18.2 Å². The van der Waals surface area contributed by atoms with Crippen LogP contribution in [0.4, 0.5) is 0 Å². The van der Waals surface area contributed by atoms with Crippen LogP contribution < -0.4 is 0 Å². The molecule has 0 bridgehead atoms. The fourth-order valence-corrected chi connectivity index (χ4v) is 2.34. The number of aromatic nitrogens is 3. The zero-order valence-electron chi connectivity index (χ0n) is 9.70. The maximum Gasteiger partial charge on any atom is 0.188 e. The van der Waals surface area contributed by atoms with Crippen LogP contribution in [-0.4, -0.2) is 31.3 Å². The third kappa shape index (κ3) is 1.71. The molecule has 2 rings (SSSR count). The van der Waals surface area contributed by atoms with E-state index >= 15 is 0 Å². The average molecular weight is 237 g/mol. The van der Waals surface area contributed by atoms with Crippen LogP contribution >= 0.6 is 0 Å². The molecule has 0 amide bonds. The molecule has 1 N–H and O–H groups in total. The van der Waals surface area contributed by atoms with Gasteiger partial charge in [0.2, 0.25) is 0 Å². The number of hydrogen-bond donors (Lipinski definition) is 1. The lowest BCUT2D eigenvalue weighted by molar-refractivity contribution is 0.680. The number of pyridine rings is 1. The Labute approximate surface area is 95.1 Å². The van der Waals surface area contributed by atoms with Crippen molar-refractivity contribution in [3.63, 3.8) is 0 Å². The van der Waals surface area contributed by atoms with Crippen LogP contribution in [0.25, 0.3) is 11.0 Å². The first-order valence-corrected chi connectivity index (χ1v) is 7.23. The van der Waals surface area contributed by atoms with Gasteiger partial charge in [0.25, 0.3) is 0 Å². The molecule has 0 aliphatic carbocycles. The number of H-pyrrole nitrogens is 1. The molecule has 0 spiro atoms. The maximum atomic E-state index is 11.8. The summed E-state index contributed by atoms with van der Waals surface area (Å²) < 4.78 is 11.8. The lowest BCUT2D eigenvalue weighted by Gasteiger charge is -2.01. The van der Waals surface area contributed by atoms with E-state index in [0.717, 1.165) is 28.7 Å². The molecule has 0 saturated carbocycles. The number of imidazole rings is 1. The summed E-state index contributed by atoms with van der Waals surface area (Å²) >= 11 is 0. The number of fused-ring (bicyclic) bond motifs is 1. The van der Waals surface area contributed by atoms with Gasteiger partial charge in [-0.1, -0.05) is 6.92 Å². The van der Waals surface area contributed by atoms with Crippen molar-refractivity contribution in [2.24, 2.45) is 0 Å². The van der Waals surface area contributed by atoms with E-state index < -0.39 is 9.52 Å². The number of hydrogen-bond acceptors (Lipinski definition) is 3. The van der Waals surface area contributed by atoms with Crippen molar-refractivity contribution in [2.75, 3.05) is 6.26 Å². The summed E-state index contributed by atoms with van der Waals surface area (Å²) in [6.07, 6.45) is 4.17. The summed E-state index contributed by atoms with van der Waals surface area (Å²) in [5, 5.41) is 0.449. The quantitative estimate of drug-likeness (QED) is 0.806. The first-order chi connectivity index (χ1) is 7.43. The number of aromatic amines is 1. The maximum absolute atomic E-state index is 11.8. The molecule has 0 radical (unpaired) electrons. The van der Waals surface area contributed by atoms with Gasteiger partial charge in [0, 0.05) is 27.0 Å². The minimum absolute atomic E-state index is 0.449. The van der Waals surface area contributed by atoms with E-state index in [4.69, 9.17) is 0 Å². The molecule has 0 aliphatic heterocycles. The van der Waals surface area contributed by atoms with Crippen molar-refractivity contribution in [1.82, 2.24) is 15.0 Å². The van der Waals surface area contributed by atoms with E-state index in [1.807, 2.05) is 6.92 Å². The lowest BCUT2D eigenvalue weighted by Crippen LogP contribution is -1.98. The van der Waals surface area contributed by atoms with E-state index in [1.165, 1.54) is 0 Å². The van der Waals surface area contributed by atoms with Gasteiger partial charge >= 0.3 is 0 Å². The van der Waals surface area contributed by atoms with E-state index in [1.54, 1.807) is 12.5 Å². The van der Waals surface area contributed by atoms with Gasteiger partial charge in [-0.15, -0.1) is 0 Å². The highest BCUT2D eigenvalue weighted by atomic mass is 32.2. The first-order valence-electron chi connectivity index (χ1n) is 5.10. The highest BCUT2D eigenvalue weighted by molar-refractivity contribution is 7.99. The summed E-state index contributed by atoms with van der Waals surface area (Å²) in [4.78, 5) is 11.7. The second-order valence-corrected chi connectivity index (χ2v) is 6.38. The fourth-order valence-electron chi connectivity index (χ4n) is 1.73. The lowest BCUT2D eigenvalue weighted by atomic mass is 10.1. The highest BCUT2D eigenvalue weighted by Gasteiger charge is 2.12. The summed E-state index contributed by atoms with van der Waals surface area (Å²) in [7, 11) is -2.30. The molecule has 16 heavy (non-hydrogen) atoms. The minimum Gasteiger partial charge on any atom is -0.330 e. The molecule has 2 aromatic rings. The Hall–Kier alpha value is -1.36. The van der Waals surface area contributed by atoms with Gasteiger partial charge in [0.05, 0.1) is 17.2 Å². The van der Waals surface area contributed by atoms with E-state index in [9.17, 15) is 4.21 Å². The molecule has 1 unspecified atom stereocenters. The Bertz CT molecular complexity index is 641. The van der Waals surface area contributed by atoms with Crippen molar-refractivity contribution in [3.05, 3.63) is 17.5 Å². The van der Waals surface area contributed by atoms with Crippen molar-refractivity contribution in [3.8, 4) is 0 Å². The van der Waals surface area contributed by atoms with Gasteiger partial charge in [-0.25, -0.2) is 4.98 Å². The monoisotopic (exact) mass is 237 g/mol. The van der Waals surface area contributed by atoms with E-state index in [-0.39, 0.29) is 0 Å². The molecule has 5 heteroatoms. The largest absolute Gasteiger partial charge is 0.330 e. The second kappa shape index (κ2) is 3.59. The number of nitrogens with zero attached hydrogens (tertiary/aromatic N) is 2. The smallest absolute Gasteiger partial charge is 0.188 e. The number of aryl methyl sites for hydroxylation is 2. The van der Waals surface area contributed by atoms with Crippen LogP contribution in [0, 0.1) is 6.92 Å². The van der Waals surface area contributed by atoms with Crippen LogP contribution in [0.5, 0.6) is 0 Å². The van der Waals surface area contributed by atoms with Crippen LogP contribution in [0.2, 0.25) is 0 Å². The Morgan fingerprint density at radius 2 is 2.25 bits per heavy atom. The zero-order chi connectivity index (χ0) is 11.9. The summed E-state index contributed by atoms with van der Waals surface area (Å²) in [5.74, 6) is 3.63. The standard InChI is InChI=1S/C11H15N3OS/c1-5-8-7(2)12-6-9-10(8)14-11(13-9)16(3,4)15/h6H,3,5H2,1-2,4H3,(H,13,14). The summed E-state index contributed by atoms with van der Waals surface area (Å²) in [5.41, 5.74) is 3.77. The molecular weight excluding hydrogens is 222 g/mol. The van der Waals surface area contributed by atoms with Gasteiger partial charge in [-0.2, -0.15) is 0 Å². The molecule has 2 aromatic heterocycles. The van der Waals surface area contributed by atoms with Crippen LogP contribution in [-0.2, 0) is 15.9 Å². The first kappa shape index (κ1) is 11.1. The van der Waals surface area contributed by atoms with E-state index in [0.29, 0.717) is 5.16 Å². The molecule has 0 aromatic carbocycles. The molecule has 0 fully saturated rings. The average Bonchev–Trinajstić information content (AvgIpc) is 2.60. The number of nitrogens with one attached hydrogen (secondary N) is 1. The second-order valence-electron chi connectivity index (χ2n) is 3.98.